The molecule has 94 valence electrons. The number of halogens is 1. The number of amides is 1. The van der Waals surface area contributed by atoms with Gasteiger partial charge in [0.1, 0.15) is 5.15 Å². The summed E-state index contributed by atoms with van der Waals surface area (Å²) < 4.78 is 0. The smallest absolute Gasteiger partial charge is 0.257 e. The highest BCUT2D eigenvalue weighted by atomic mass is 35.5. The van der Waals surface area contributed by atoms with Crippen molar-refractivity contribution in [2.24, 2.45) is 0 Å². The molecule has 0 saturated carbocycles. The molecular weight excluding hydrogens is 262 g/mol. The number of aromatic nitrogens is 2. The summed E-state index contributed by atoms with van der Waals surface area (Å²) in [4.78, 5) is 19.2. The summed E-state index contributed by atoms with van der Waals surface area (Å²) in [5.74, 6) is -0.179. The molecule has 2 heterocycles. The average molecular weight is 272 g/mol. The second-order valence-corrected chi connectivity index (χ2v) is 4.46. The van der Waals surface area contributed by atoms with Crippen LogP contribution in [0.5, 0.6) is 0 Å². The third-order valence-corrected chi connectivity index (χ3v) is 3.04. The number of nitrogens with zero attached hydrogens (tertiary/aromatic N) is 1. The van der Waals surface area contributed by atoms with Crippen LogP contribution in [-0.4, -0.2) is 15.9 Å². The van der Waals surface area contributed by atoms with Crippen molar-refractivity contribution >= 4 is 34.1 Å². The van der Waals surface area contributed by atoms with Crippen LogP contribution in [0.1, 0.15) is 10.4 Å². The number of benzene rings is 1. The van der Waals surface area contributed by atoms with E-state index in [1.165, 1.54) is 6.20 Å². The van der Waals surface area contributed by atoms with Crippen molar-refractivity contribution in [2.75, 3.05) is 5.32 Å². The lowest BCUT2D eigenvalue weighted by atomic mass is 10.1. The zero-order chi connectivity index (χ0) is 13.2. The third kappa shape index (κ3) is 2.30. The third-order valence-electron chi connectivity index (χ3n) is 2.82. The first-order chi connectivity index (χ1) is 9.24. The molecule has 0 bridgehead atoms. The number of anilines is 1. The number of para-hydroxylation sites is 1. The lowest BCUT2D eigenvalue weighted by molar-refractivity contribution is 0.102. The van der Waals surface area contributed by atoms with E-state index < -0.39 is 0 Å². The van der Waals surface area contributed by atoms with Gasteiger partial charge in [-0.15, -0.1) is 0 Å². The van der Waals surface area contributed by atoms with Gasteiger partial charge in [-0.05, 0) is 18.2 Å². The van der Waals surface area contributed by atoms with E-state index in [4.69, 9.17) is 11.6 Å². The number of fused-ring (bicyclic) bond motifs is 1. The fourth-order valence-corrected chi connectivity index (χ4v) is 2.02. The number of pyridine rings is 1. The van der Waals surface area contributed by atoms with E-state index in [-0.39, 0.29) is 5.91 Å². The Kier molecular flexibility index (Phi) is 2.93. The Morgan fingerprint density at radius 2 is 2.05 bits per heavy atom. The molecule has 1 aromatic carbocycles. The maximum absolute atomic E-state index is 12.2. The zero-order valence-electron chi connectivity index (χ0n) is 9.85. The number of hydrogen-bond donors (Lipinski definition) is 2. The molecule has 2 N–H and O–H groups in total. The van der Waals surface area contributed by atoms with Gasteiger partial charge in [-0.3, -0.25) is 4.79 Å². The van der Waals surface area contributed by atoms with Crippen molar-refractivity contribution in [1.29, 1.82) is 0 Å². The predicted molar refractivity (Wildman–Crippen MR) is 75.5 cm³/mol. The van der Waals surface area contributed by atoms with Crippen LogP contribution in [0.2, 0.25) is 5.15 Å². The van der Waals surface area contributed by atoms with Crippen molar-refractivity contribution in [1.82, 2.24) is 9.97 Å². The van der Waals surface area contributed by atoms with Gasteiger partial charge in [0.2, 0.25) is 0 Å². The molecule has 3 rings (SSSR count). The van der Waals surface area contributed by atoms with Crippen LogP contribution < -0.4 is 5.32 Å². The van der Waals surface area contributed by atoms with Gasteiger partial charge in [-0.1, -0.05) is 29.8 Å². The van der Waals surface area contributed by atoms with Gasteiger partial charge in [-0.25, -0.2) is 4.98 Å². The van der Waals surface area contributed by atoms with E-state index >= 15 is 0 Å². The molecule has 0 aliphatic heterocycles. The fourth-order valence-electron chi connectivity index (χ4n) is 1.91. The molecule has 4 nitrogen and oxygen atoms in total. The minimum absolute atomic E-state index is 0.179. The van der Waals surface area contributed by atoms with Gasteiger partial charge in [0.15, 0.2) is 0 Å². The van der Waals surface area contributed by atoms with E-state index in [0.29, 0.717) is 16.4 Å². The highest BCUT2D eigenvalue weighted by molar-refractivity contribution is 6.29. The summed E-state index contributed by atoms with van der Waals surface area (Å²) >= 11 is 5.70. The normalized spacial score (nSPS) is 10.6. The summed E-state index contributed by atoms with van der Waals surface area (Å²) in [6.45, 7) is 0. The maximum atomic E-state index is 12.2. The van der Waals surface area contributed by atoms with Crippen LogP contribution in [0.4, 0.5) is 5.69 Å². The molecule has 3 aromatic rings. The van der Waals surface area contributed by atoms with Crippen LogP contribution in [0.15, 0.2) is 48.8 Å². The monoisotopic (exact) mass is 271 g/mol. The molecule has 0 spiro atoms. The van der Waals surface area contributed by atoms with E-state index in [1.807, 2.05) is 24.3 Å². The fraction of sp³-hybridized carbons (Fsp3) is 0. The van der Waals surface area contributed by atoms with Gasteiger partial charge < -0.3 is 10.3 Å². The number of hydrogen-bond acceptors (Lipinski definition) is 2. The van der Waals surface area contributed by atoms with Gasteiger partial charge in [0, 0.05) is 17.1 Å². The van der Waals surface area contributed by atoms with Crippen molar-refractivity contribution in [3.63, 3.8) is 0 Å². The van der Waals surface area contributed by atoms with Crippen molar-refractivity contribution in [3.05, 3.63) is 59.5 Å². The minimum Gasteiger partial charge on any atom is -0.360 e. The van der Waals surface area contributed by atoms with E-state index in [0.717, 1.165) is 10.9 Å². The topological polar surface area (TPSA) is 57.8 Å². The molecule has 1 amide bonds. The van der Waals surface area contributed by atoms with Crippen LogP contribution in [-0.2, 0) is 0 Å². The molecule has 0 saturated heterocycles. The Bertz CT molecular complexity index is 734. The Morgan fingerprint density at radius 3 is 2.84 bits per heavy atom. The maximum Gasteiger partial charge on any atom is 0.257 e. The number of carbonyl (C=O) groups is 1. The van der Waals surface area contributed by atoms with Gasteiger partial charge in [0.05, 0.1) is 17.4 Å². The highest BCUT2D eigenvalue weighted by Crippen LogP contribution is 2.19. The molecule has 0 unspecified atom stereocenters. The summed E-state index contributed by atoms with van der Waals surface area (Å²) in [5.41, 5.74) is 2.15. The van der Waals surface area contributed by atoms with Gasteiger partial charge in [0.25, 0.3) is 5.91 Å². The Hall–Kier alpha value is -2.33. The first-order valence-corrected chi connectivity index (χ1v) is 6.11. The number of H-pyrrole nitrogens is 1. The molecule has 0 fully saturated rings. The molecule has 5 heteroatoms. The van der Waals surface area contributed by atoms with Crippen molar-refractivity contribution < 1.29 is 4.79 Å². The second-order valence-electron chi connectivity index (χ2n) is 4.07. The number of aromatic amines is 1. The summed E-state index contributed by atoms with van der Waals surface area (Å²) in [6, 6.07) is 11.0. The first-order valence-electron chi connectivity index (χ1n) is 5.73. The van der Waals surface area contributed by atoms with Crippen molar-refractivity contribution in [2.45, 2.75) is 0 Å². The molecule has 0 aliphatic rings. The molecule has 19 heavy (non-hydrogen) atoms. The van der Waals surface area contributed by atoms with Crippen LogP contribution in [0.3, 0.4) is 0 Å². The molecular formula is C14H10ClN3O. The van der Waals surface area contributed by atoms with Crippen molar-refractivity contribution in [3.8, 4) is 0 Å². The standard InChI is InChI=1S/C14H10ClN3O/c15-13-6-5-9(7-17-13)18-14(19)11-8-16-12-4-2-1-3-10(11)12/h1-8,16H,(H,18,19). The SMILES string of the molecule is O=C(Nc1ccc(Cl)nc1)c1c[nH]c2ccccc12. The lowest BCUT2D eigenvalue weighted by Crippen LogP contribution is -2.11. The summed E-state index contributed by atoms with van der Waals surface area (Å²) in [6.07, 6.45) is 3.22. The minimum atomic E-state index is -0.179. The Balaban J connectivity index is 1.90. The largest absolute Gasteiger partial charge is 0.360 e. The lowest BCUT2D eigenvalue weighted by Gasteiger charge is -2.03. The van der Waals surface area contributed by atoms with Gasteiger partial charge >= 0.3 is 0 Å². The van der Waals surface area contributed by atoms with Crippen LogP contribution >= 0.6 is 11.6 Å². The first kappa shape index (κ1) is 11.7. The van der Waals surface area contributed by atoms with E-state index in [2.05, 4.69) is 15.3 Å². The summed E-state index contributed by atoms with van der Waals surface area (Å²) in [5, 5.41) is 4.07. The number of carbonyl (C=O) groups excluding carboxylic acids is 1. The number of nitrogens with one attached hydrogen (secondary N) is 2. The quantitative estimate of drug-likeness (QED) is 0.701. The summed E-state index contributed by atoms with van der Waals surface area (Å²) in [7, 11) is 0. The van der Waals surface area contributed by atoms with E-state index in [9.17, 15) is 4.79 Å². The van der Waals surface area contributed by atoms with E-state index in [1.54, 1.807) is 18.3 Å². The second kappa shape index (κ2) is 4.74. The number of rotatable bonds is 2. The Labute approximate surface area is 114 Å². The molecule has 0 radical (unpaired) electrons. The predicted octanol–water partition coefficient (Wildman–Crippen LogP) is 3.47. The average Bonchev–Trinajstić information content (AvgIpc) is 2.85. The van der Waals surface area contributed by atoms with Crippen LogP contribution in [0, 0.1) is 0 Å². The molecule has 0 atom stereocenters. The van der Waals surface area contributed by atoms with Gasteiger partial charge in [-0.2, -0.15) is 0 Å². The van der Waals surface area contributed by atoms with Crippen LogP contribution in [0.25, 0.3) is 10.9 Å². The molecule has 2 aromatic heterocycles. The Morgan fingerprint density at radius 1 is 1.21 bits per heavy atom. The zero-order valence-corrected chi connectivity index (χ0v) is 10.6. The molecule has 0 aliphatic carbocycles. The highest BCUT2D eigenvalue weighted by Gasteiger charge is 2.11.